The van der Waals surface area contributed by atoms with E-state index in [9.17, 15) is 19.8 Å². The van der Waals surface area contributed by atoms with E-state index in [1.54, 1.807) is 53.5 Å². The molecular weight excluding hydrogens is 434 g/mol. The average molecular weight is 468 g/mol. The minimum Gasteiger partial charge on any atom is -0.508 e. The summed E-state index contributed by atoms with van der Waals surface area (Å²) in [4.78, 5) is 26.4. The number of carbonyl (C=O) groups is 2. The van der Waals surface area contributed by atoms with Gasteiger partial charge in [0.2, 0.25) is 11.8 Å². The molecule has 0 heterocycles. The fourth-order valence-electron chi connectivity index (χ4n) is 3.14. The Morgan fingerprint density at radius 3 is 2.35 bits per heavy atom. The van der Waals surface area contributed by atoms with E-state index in [2.05, 4.69) is 5.32 Å². The maximum absolute atomic E-state index is 12.7. The number of unbranched alkanes of at least 4 members (excludes halogenated alkanes) is 1. The number of nitrogens with zero attached hydrogens (tertiary/aromatic N) is 1. The van der Waals surface area contributed by atoms with Crippen LogP contribution >= 0.6 is 0 Å². The normalized spacial score (nSPS) is 11.1. The Labute approximate surface area is 200 Å². The molecule has 0 atom stereocenters. The Morgan fingerprint density at radius 1 is 0.971 bits per heavy atom. The molecule has 0 saturated carbocycles. The summed E-state index contributed by atoms with van der Waals surface area (Å²) < 4.78 is 5.09. The highest BCUT2D eigenvalue weighted by molar-refractivity contribution is 5.92. The molecule has 0 bridgehead atoms. The van der Waals surface area contributed by atoms with Gasteiger partial charge in [0.25, 0.3) is 0 Å². The fourth-order valence-corrected chi connectivity index (χ4v) is 3.14. The van der Waals surface area contributed by atoms with Gasteiger partial charge in [-0.05, 0) is 73.4 Å². The van der Waals surface area contributed by atoms with Crippen molar-refractivity contribution in [2.45, 2.75) is 19.3 Å². The third-order valence-corrected chi connectivity index (χ3v) is 5.04. The van der Waals surface area contributed by atoms with Crippen LogP contribution in [0.3, 0.4) is 0 Å². The van der Waals surface area contributed by atoms with Crippen molar-refractivity contribution in [2.75, 3.05) is 33.3 Å². The first kappa shape index (κ1) is 26.5. The largest absolute Gasteiger partial charge is 0.508 e. The number of nitrogens with one attached hydrogen (secondary N) is 1. The second kappa shape index (κ2) is 14.4. The number of phenolic OH excluding ortho intramolecular Hbond substituents is 2. The van der Waals surface area contributed by atoms with Crippen LogP contribution in [0.4, 0.5) is 0 Å². The zero-order chi connectivity index (χ0) is 24.8. The van der Waals surface area contributed by atoms with Crippen LogP contribution in [0.5, 0.6) is 17.2 Å². The summed E-state index contributed by atoms with van der Waals surface area (Å²) >= 11 is 0. The number of phenols is 2. The molecule has 0 unspecified atom stereocenters. The Morgan fingerprint density at radius 2 is 1.65 bits per heavy atom. The molecule has 5 N–H and O–H groups in total. The Hall–Kier alpha value is -3.78. The van der Waals surface area contributed by atoms with Crippen LogP contribution < -0.4 is 15.8 Å². The number of hydrogen-bond donors (Lipinski definition) is 4. The monoisotopic (exact) mass is 467 g/mol. The van der Waals surface area contributed by atoms with Gasteiger partial charge in [0.05, 0.1) is 7.11 Å². The summed E-state index contributed by atoms with van der Waals surface area (Å²) in [5, 5.41) is 21.8. The van der Waals surface area contributed by atoms with Crippen LogP contribution in [0.2, 0.25) is 0 Å². The minimum absolute atomic E-state index is 0.0403. The van der Waals surface area contributed by atoms with E-state index in [0.717, 1.165) is 24.0 Å². The lowest BCUT2D eigenvalue weighted by atomic mass is 10.2. The van der Waals surface area contributed by atoms with Crippen molar-refractivity contribution in [3.05, 3.63) is 65.7 Å². The van der Waals surface area contributed by atoms with Gasteiger partial charge in [0, 0.05) is 31.8 Å². The molecular formula is C26H33N3O5. The standard InChI is InChI=1S/C26H33N3O5/c1-34-24-19-21(7-12-23(24)31)9-14-26(33)29(18-4-15-27)17-3-2-16-28-25(32)13-8-20-5-10-22(30)11-6-20/h5-14,19,30-31H,2-4,15-18,27H2,1H3,(H,28,32)/b13-8+,14-9+. The van der Waals surface area contributed by atoms with Crippen molar-refractivity contribution in [1.29, 1.82) is 0 Å². The lowest BCUT2D eigenvalue weighted by Crippen LogP contribution is -2.33. The van der Waals surface area contributed by atoms with Gasteiger partial charge in [-0.3, -0.25) is 9.59 Å². The highest BCUT2D eigenvalue weighted by Crippen LogP contribution is 2.26. The molecule has 0 aliphatic carbocycles. The third kappa shape index (κ3) is 9.38. The predicted molar refractivity (Wildman–Crippen MR) is 133 cm³/mol. The number of carbonyl (C=O) groups excluding carboxylic acids is 2. The van der Waals surface area contributed by atoms with Crippen molar-refractivity contribution >= 4 is 24.0 Å². The average Bonchev–Trinajstić information content (AvgIpc) is 2.84. The maximum Gasteiger partial charge on any atom is 0.246 e. The zero-order valence-electron chi connectivity index (χ0n) is 19.4. The first-order valence-electron chi connectivity index (χ1n) is 11.2. The van der Waals surface area contributed by atoms with Crippen molar-refractivity contribution in [2.24, 2.45) is 5.73 Å². The number of aromatic hydroxyl groups is 2. The third-order valence-electron chi connectivity index (χ3n) is 5.04. The van der Waals surface area contributed by atoms with Crippen LogP contribution in [0.25, 0.3) is 12.2 Å². The van der Waals surface area contributed by atoms with E-state index >= 15 is 0 Å². The highest BCUT2D eigenvalue weighted by Gasteiger charge is 2.10. The molecule has 0 spiro atoms. The van der Waals surface area contributed by atoms with E-state index in [4.69, 9.17) is 10.5 Å². The molecule has 2 aromatic rings. The molecule has 0 aliphatic rings. The van der Waals surface area contributed by atoms with E-state index in [1.165, 1.54) is 25.3 Å². The second-order valence-corrected chi connectivity index (χ2v) is 7.66. The molecule has 0 fully saturated rings. The number of amides is 2. The Bertz CT molecular complexity index is 986. The number of methoxy groups -OCH3 is 1. The first-order chi connectivity index (χ1) is 16.4. The number of rotatable bonds is 13. The van der Waals surface area contributed by atoms with Crippen molar-refractivity contribution < 1.29 is 24.5 Å². The topological polar surface area (TPSA) is 125 Å². The molecule has 0 saturated heterocycles. The lowest BCUT2D eigenvalue weighted by Gasteiger charge is -2.21. The highest BCUT2D eigenvalue weighted by atomic mass is 16.5. The van der Waals surface area contributed by atoms with Crippen molar-refractivity contribution in [3.63, 3.8) is 0 Å². The smallest absolute Gasteiger partial charge is 0.246 e. The van der Waals surface area contributed by atoms with Gasteiger partial charge >= 0.3 is 0 Å². The first-order valence-corrected chi connectivity index (χ1v) is 11.2. The van der Waals surface area contributed by atoms with Crippen LogP contribution in [-0.2, 0) is 9.59 Å². The summed E-state index contributed by atoms with van der Waals surface area (Å²) in [6.45, 7) is 2.11. The molecule has 0 aromatic heterocycles. The van der Waals surface area contributed by atoms with Crippen LogP contribution in [-0.4, -0.2) is 60.2 Å². The van der Waals surface area contributed by atoms with Gasteiger partial charge in [-0.1, -0.05) is 18.2 Å². The second-order valence-electron chi connectivity index (χ2n) is 7.66. The molecule has 8 heteroatoms. The minimum atomic E-state index is -0.198. The fraction of sp³-hybridized carbons (Fsp3) is 0.308. The van der Waals surface area contributed by atoms with Crippen molar-refractivity contribution in [1.82, 2.24) is 10.2 Å². The zero-order valence-corrected chi connectivity index (χ0v) is 19.4. The molecule has 182 valence electrons. The molecule has 8 nitrogen and oxygen atoms in total. The van der Waals surface area contributed by atoms with Gasteiger partial charge in [0.1, 0.15) is 5.75 Å². The molecule has 0 radical (unpaired) electrons. The number of hydrogen-bond acceptors (Lipinski definition) is 6. The van der Waals surface area contributed by atoms with Crippen LogP contribution in [0.15, 0.2) is 54.6 Å². The summed E-state index contributed by atoms with van der Waals surface area (Å²) in [5.74, 6) is 0.238. The molecule has 2 rings (SSSR count). The van der Waals surface area contributed by atoms with E-state index in [0.29, 0.717) is 38.3 Å². The summed E-state index contributed by atoms with van der Waals surface area (Å²) in [6.07, 6.45) is 8.47. The van der Waals surface area contributed by atoms with Crippen LogP contribution in [0.1, 0.15) is 30.4 Å². The van der Waals surface area contributed by atoms with Gasteiger partial charge in [-0.2, -0.15) is 0 Å². The Kier molecular flexibility index (Phi) is 11.2. The number of nitrogens with two attached hydrogens (primary N) is 1. The van der Waals surface area contributed by atoms with E-state index in [-0.39, 0.29) is 23.3 Å². The SMILES string of the molecule is COc1cc(/C=C/C(=O)N(CCCN)CCCCNC(=O)/C=C/c2ccc(O)cc2)ccc1O. The van der Waals surface area contributed by atoms with Crippen molar-refractivity contribution in [3.8, 4) is 17.2 Å². The van der Waals surface area contributed by atoms with Gasteiger partial charge in [0.15, 0.2) is 11.5 Å². The summed E-state index contributed by atoms with van der Waals surface area (Å²) in [5.41, 5.74) is 7.18. The molecule has 2 aromatic carbocycles. The quantitative estimate of drug-likeness (QED) is 0.265. The van der Waals surface area contributed by atoms with Gasteiger partial charge < -0.3 is 30.9 Å². The number of benzene rings is 2. The lowest BCUT2D eigenvalue weighted by molar-refractivity contribution is -0.126. The molecule has 34 heavy (non-hydrogen) atoms. The molecule has 0 aliphatic heterocycles. The summed E-state index contributed by atoms with van der Waals surface area (Å²) in [7, 11) is 1.47. The summed E-state index contributed by atoms with van der Waals surface area (Å²) in [6, 6.07) is 11.4. The predicted octanol–water partition coefficient (Wildman–Crippen LogP) is 2.91. The Balaban J connectivity index is 1.79. The maximum atomic E-state index is 12.7. The van der Waals surface area contributed by atoms with E-state index in [1.807, 2.05) is 0 Å². The number of ether oxygens (including phenoxy) is 1. The molecule has 2 amide bonds. The van der Waals surface area contributed by atoms with Crippen LogP contribution in [0, 0.1) is 0 Å². The van der Waals surface area contributed by atoms with Gasteiger partial charge in [-0.25, -0.2) is 0 Å². The van der Waals surface area contributed by atoms with Gasteiger partial charge in [-0.15, -0.1) is 0 Å². The van der Waals surface area contributed by atoms with E-state index < -0.39 is 0 Å².